The summed E-state index contributed by atoms with van der Waals surface area (Å²) in [5, 5.41) is 0. The average Bonchev–Trinajstić information content (AvgIpc) is 2.97. The molecule has 0 saturated carbocycles. The largest absolute Gasteiger partial charge is 0.369 e. The van der Waals surface area contributed by atoms with Gasteiger partial charge in [0.2, 0.25) is 0 Å². The lowest BCUT2D eigenvalue weighted by Crippen LogP contribution is -2.39. The summed E-state index contributed by atoms with van der Waals surface area (Å²) >= 11 is 0. The smallest absolute Gasteiger partial charge is 0.0400 e. The van der Waals surface area contributed by atoms with Gasteiger partial charge in [0.1, 0.15) is 0 Å². The maximum atomic E-state index is 2.64. The number of para-hydroxylation sites is 1. The van der Waals surface area contributed by atoms with E-state index >= 15 is 0 Å². The standard InChI is InChI=1S/C15H22N2/c1-2-16-10-5-7-14(16)12-17-11-9-13-6-3-4-8-15(13)17/h3-4,6,8,14H,2,5,7,9-12H2,1H3/t14-/m0/s1. The Morgan fingerprint density at radius 1 is 1.24 bits per heavy atom. The molecule has 2 nitrogen and oxygen atoms in total. The summed E-state index contributed by atoms with van der Waals surface area (Å²) in [5.74, 6) is 0. The Balaban J connectivity index is 1.71. The van der Waals surface area contributed by atoms with Crippen LogP contribution < -0.4 is 4.90 Å². The van der Waals surface area contributed by atoms with Crippen molar-refractivity contribution in [2.24, 2.45) is 0 Å². The lowest BCUT2D eigenvalue weighted by molar-refractivity contribution is 0.269. The third-order valence-corrected chi connectivity index (χ3v) is 4.32. The molecule has 3 rings (SSSR count). The van der Waals surface area contributed by atoms with E-state index in [-0.39, 0.29) is 0 Å². The molecule has 2 aliphatic rings. The van der Waals surface area contributed by atoms with Crippen molar-refractivity contribution in [2.45, 2.75) is 32.2 Å². The number of fused-ring (bicyclic) bond motifs is 1. The molecule has 0 spiro atoms. The fourth-order valence-electron chi connectivity index (χ4n) is 3.37. The van der Waals surface area contributed by atoms with Gasteiger partial charge in [-0.25, -0.2) is 0 Å². The normalized spacial score (nSPS) is 24.3. The highest BCUT2D eigenvalue weighted by atomic mass is 15.2. The van der Waals surface area contributed by atoms with Gasteiger partial charge in [-0.05, 0) is 44.0 Å². The van der Waals surface area contributed by atoms with Crippen LogP contribution in [0.15, 0.2) is 24.3 Å². The van der Waals surface area contributed by atoms with E-state index in [1.165, 1.54) is 56.7 Å². The SMILES string of the molecule is CCN1CCC[C@H]1CN1CCc2ccccc21. The molecule has 2 aliphatic heterocycles. The molecular weight excluding hydrogens is 208 g/mol. The van der Waals surface area contributed by atoms with Crippen LogP contribution in [0.3, 0.4) is 0 Å². The van der Waals surface area contributed by atoms with Gasteiger partial charge in [-0.3, -0.25) is 4.90 Å². The summed E-state index contributed by atoms with van der Waals surface area (Å²) in [4.78, 5) is 5.23. The van der Waals surface area contributed by atoms with E-state index in [0.717, 1.165) is 6.04 Å². The molecular formula is C15H22N2. The van der Waals surface area contributed by atoms with Gasteiger partial charge < -0.3 is 4.90 Å². The molecule has 0 bridgehead atoms. The maximum Gasteiger partial charge on any atom is 0.0400 e. The molecule has 17 heavy (non-hydrogen) atoms. The molecule has 0 unspecified atom stereocenters. The van der Waals surface area contributed by atoms with Crippen LogP contribution in [0, 0.1) is 0 Å². The monoisotopic (exact) mass is 230 g/mol. The first kappa shape index (κ1) is 11.1. The van der Waals surface area contributed by atoms with Crippen LogP contribution in [0.5, 0.6) is 0 Å². The van der Waals surface area contributed by atoms with Crippen LogP contribution in [-0.2, 0) is 6.42 Å². The molecule has 0 radical (unpaired) electrons. The fraction of sp³-hybridized carbons (Fsp3) is 0.600. The number of rotatable bonds is 3. The molecule has 92 valence electrons. The zero-order valence-electron chi connectivity index (χ0n) is 10.7. The second-order valence-corrected chi connectivity index (χ2v) is 5.25. The number of hydrogen-bond acceptors (Lipinski definition) is 2. The van der Waals surface area contributed by atoms with Crippen LogP contribution >= 0.6 is 0 Å². The first-order valence-corrected chi connectivity index (χ1v) is 6.95. The van der Waals surface area contributed by atoms with Gasteiger partial charge in [0.25, 0.3) is 0 Å². The third kappa shape index (κ3) is 2.06. The van der Waals surface area contributed by atoms with Crippen molar-refractivity contribution in [1.82, 2.24) is 4.90 Å². The van der Waals surface area contributed by atoms with Crippen molar-refractivity contribution < 1.29 is 0 Å². The molecule has 0 aromatic heterocycles. The fourth-order valence-corrected chi connectivity index (χ4v) is 3.37. The van der Waals surface area contributed by atoms with Gasteiger partial charge >= 0.3 is 0 Å². The molecule has 0 aliphatic carbocycles. The summed E-state index contributed by atoms with van der Waals surface area (Å²) in [7, 11) is 0. The van der Waals surface area contributed by atoms with Crippen LogP contribution in [-0.4, -0.2) is 37.1 Å². The van der Waals surface area contributed by atoms with Crippen molar-refractivity contribution in [1.29, 1.82) is 0 Å². The van der Waals surface area contributed by atoms with E-state index in [4.69, 9.17) is 0 Å². The van der Waals surface area contributed by atoms with Gasteiger partial charge in [-0.1, -0.05) is 25.1 Å². The Morgan fingerprint density at radius 2 is 2.12 bits per heavy atom. The maximum absolute atomic E-state index is 2.64. The third-order valence-electron chi connectivity index (χ3n) is 4.32. The van der Waals surface area contributed by atoms with E-state index in [2.05, 4.69) is 41.0 Å². The number of nitrogens with zero attached hydrogens (tertiary/aromatic N) is 2. The number of hydrogen-bond donors (Lipinski definition) is 0. The van der Waals surface area contributed by atoms with Crippen molar-refractivity contribution in [2.75, 3.05) is 31.1 Å². The quantitative estimate of drug-likeness (QED) is 0.787. The molecule has 1 saturated heterocycles. The second kappa shape index (κ2) is 4.69. The van der Waals surface area contributed by atoms with Crippen molar-refractivity contribution in [3.63, 3.8) is 0 Å². The first-order valence-electron chi connectivity index (χ1n) is 6.95. The predicted molar refractivity (Wildman–Crippen MR) is 72.6 cm³/mol. The number of anilines is 1. The van der Waals surface area contributed by atoms with Crippen LogP contribution in [0.1, 0.15) is 25.3 Å². The highest BCUT2D eigenvalue weighted by molar-refractivity contribution is 5.57. The minimum Gasteiger partial charge on any atom is -0.369 e. The van der Waals surface area contributed by atoms with E-state index in [0.29, 0.717) is 0 Å². The average molecular weight is 230 g/mol. The Bertz CT molecular complexity index is 388. The van der Waals surface area contributed by atoms with Crippen molar-refractivity contribution in [3.05, 3.63) is 29.8 Å². The van der Waals surface area contributed by atoms with Crippen LogP contribution in [0.25, 0.3) is 0 Å². The molecule has 1 fully saturated rings. The predicted octanol–water partition coefficient (Wildman–Crippen LogP) is 2.53. The van der Waals surface area contributed by atoms with Gasteiger partial charge in [-0.2, -0.15) is 0 Å². The summed E-state index contributed by atoms with van der Waals surface area (Å²) in [5.41, 5.74) is 3.02. The van der Waals surface area contributed by atoms with E-state index in [1.807, 2.05) is 0 Å². The Hall–Kier alpha value is -1.02. The van der Waals surface area contributed by atoms with Crippen molar-refractivity contribution >= 4 is 5.69 Å². The Kier molecular flexibility index (Phi) is 3.06. The van der Waals surface area contributed by atoms with E-state index in [9.17, 15) is 0 Å². The topological polar surface area (TPSA) is 6.48 Å². The molecule has 1 aromatic rings. The number of likely N-dealkylation sites (N-methyl/N-ethyl adjacent to an activating group) is 1. The Labute approximate surface area is 104 Å². The van der Waals surface area contributed by atoms with Gasteiger partial charge in [-0.15, -0.1) is 0 Å². The minimum atomic E-state index is 0.783. The van der Waals surface area contributed by atoms with E-state index < -0.39 is 0 Å². The minimum absolute atomic E-state index is 0.783. The highest BCUT2D eigenvalue weighted by Crippen LogP contribution is 2.29. The van der Waals surface area contributed by atoms with Gasteiger partial charge in [0.05, 0.1) is 0 Å². The van der Waals surface area contributed by atoms with Gasteiger partial charge in [0.15, 0.2) is 0 Å². The molecule has 1 atom stereocenters. The summed E-state index contributed by atoms with van der Waals surface area (Å²) in [6.07, 6.45) is 4.00. The first-order chi connectivity index (χ1) is 8.38. The number of benzene rings is 1. The lowest BCUT2D eigenvalue weighted by Gasteiger charge is -2.29. The molecule has 1 aromatic carbocycles. The van der Waals surface area contributed by atoms with Crippen LogP contribution in [0.4, 0.5) is 5.69 Å². The van der Waals surface area contributed by atoms with Crippen LogP contribution in [0.2, 0.25) is 0 Å². The summed E-state index contributed by atoms with van der Waals surface area (Å²) < 4.78 is 0. The second-order valence-electron chi connectivity index (χ2n) is 5.25. The summed E-state index contributed by atoms with van der Waals surface area (Å²) in [6, 6.07) is 9.68. The molecule has 2 heterocycles. The van der Waals surface area contributed by atoms with Crippen molar-refractivity contribution in [3.8, 4) is 0 Å². The molecule has 0 amide bonds. The van der Waals surface area contributed by atoms with E-state index in [1.54, 1.807) is 0 Å². The summed E-state index contributed by atoms with van der Waals surface area (Å²) in [6.45, 7) is 7.24. The highest BCUT2D eigenvalue weighted by Gasteiger charge is 2.27. The van der Waals surface area contributed by atoms with Gasteiger partial charge in [0, 0.05) is 24.8 Å². The molecule has 2 heteroatoms. The zero-order chi connectivity index (χ0) is 11.7. The lowest BCUT2D eigenvalue weighted by atomic mass is 10.1. The Morgan fingerprint density at radius 3 is 3.00 bits per heavy atom. The molecule has 0 N–H and O–H groups in total. The number of likely N-dealkylation sites (tertiary alicyclic amines) is 1. The zero-order valence-corrected chi connectivity index (χ0v) is 10.7.